The first-order valence-corrected chi connectivity index (χ1v) is 11.0. The quantitative estimate of drug-likeness (QED) is 0.538. The Labute approximate surface area is 178 Å². The van der Waals surface area contributed by atoms with Crippen LogP contribution in [0.3, 0.4) is 0 Å². The van der Waals surface area contributed by atoms with Gasteiger partial charge in [-0.15, -0.1) is 0 Å². The molecule has 0 radical (unpaired) electrons. The zero-order valence-electron chi connectivity index (χ0n) is 18.2. The fourth-order valence-corrected chi connectivity index (χ4v) is 4.36. The molecule has 158 valence electrons. The third-order valence-electron chi connectivity index (χ3n) is 5.95. The van der Waals surface area contributed by atoms with Gasteiger partial charge >= 0.3 is 0 Å². The van der Waals surface area contributed by atoms with E-state index in [1.165, 1.54) is 5.56 Å². The van der Waals surface area contributed by atoms with Gasteiger partial charge in [-0.05, 0) is 44.0 Å². The molecule has 0 saturated carbocycles. The molecule has 0 aliphatic carbocycles. The van der Waals surface area contributed by atoms with Gasteiger partial charge in [-0.25, -0.2) is 4.98 Å². The molecule has 3 aromatic rings. The van der Waals surface area contributed by atoms with Crippen LogP contribution in [0.1, 0.15) is 49.1 Å². The topological polar surface area (TPSA) is 47.4 Å². The zero-order chi connectivity index (χ0) is 21.1. The Bertz CT molecular complexity index is 1040. The SMILES string of the molecule is CCCCN1C[C@@H](c2nc3ccccc3n2CCOc2ccc(C)cc2C)CC1=O. The predicted octanol–water partition coefficient (Wildman–Crippen LogP) is 4.85. The lowest BCUT2D eigenvalue weighted by Gasteiger charge is -2.17. The molecule has 30 heavy (non-hydrogen) atoms. The van der Waals surface area contributed by atoms with Gasteiger partial charge in [-0.1, -0.05) is 43.2 Å². The Morgan fingerprint density at radius 3 is 2.77 bits per heavy atom. The van der Waals surface area contributed by atoms with Crippen LogP contribution in [0.25, 0.3) is 11.0 Å². The predicted molar refractivity (Wildman–Crippen MR) is 120 cm³/mol. The van der Waals surface area contributed by atoms with Crippen molar-refractivity contribution < 1.29 is 9.53 Å². The zero-order valence-corrected chi connectivity index (χ0v) is 18.2. The second-order valence-electron chi connectivity index (χ2n) is 8.32. The number of aryl methyl sites for hydroxylation is 2. The number of aromatic nitrogens is 2. The van der Waals surface area contributed by atoms with E-state index in [4.69, 9.17) is 9.72 Å². The molecule has 5 heteroatoms. The number of carbonyl (C=O) groups excluding carboxylic acids is 1. The maximum Gasteiger partial charge on any atom is 0.223 e. The smallest absolute Gasteiger partial charge is 0.223 e. The summed E-state index contributed by atoms with van der Waals surface area (Å²) in [4.78, 5) is 19.4. The summed E-state index contributed by atoms with van der Waals surface area (Å²) in [6, 6.07) is 14.5. The first-order chi connectivity index (χ1) is 14.6. The summed E-state index contributed by atoms with van der Waals surface area (Å²) < 4.78 is 8.35. The Hall–Kier alpha value is -2.82. The monoisotopic (exact) mass is 405 g/mol. The highest BCUT2D eigenvalue weighted by atomic mass is 16.5. The molecular weight excluding hydrogens is 374 g/mol. The third kappa shape index (κ3) is 4.20. The average Bonchev–Trinajstić information content (AvgIpc) is 3.28. The third-order valence-corrected chi connectivity index (χ3v) is 5.95. The largest absolute Gasteiger partial charge is 0.491 e. The minimum atomic E-state index is 0.142. The van der Waals surface area contributed by atoms with Gasteiger partial charge in [-0.3, -0.25) is 4.79 Å². The van der Waals surface area contributed by atoms with Crippen LogP contribution in [-0.2, 0) is 11.3 Å². The number of fused-ring (bicyclic) bond motifs is 1. The standard InChI is InChI=1S/C25H31N3O2/c1-4-5-12-27-17-20(16-24(27)29)25-26-21-8-6-7-9-22(21)28(25)13-14-30-23-11-10-18(2)15-19(23)3/h6-11,15,20H,4-5,12-14,16-17H2,1-3H3/t20-/m0/s1. The van der Waals surface area contributed by atoms with Crippen molar-refractivity contribution in [3.63, 3.8) is 0 Å². The van der Waals surface area contributed by atoms with Crippen molar-refractivity contribution >= 4 is 16.9 Å². The number of unbranched alkanes of at least 4 members (excludes halogenated alkanes) is 1. The van der Waals surface area contributed by atoms with E-state index in [-0.39, 0.29) is 11.8 Å². The van der Waals surface area contributed by atoms with E-state index in [1.54, 1.807) is 0 Å². The summed E-state index contributed by atoms with van der Waals surface area (Å²) in [6.07, 6.45) is 2.70. The molecule has 1 aromatic heterocycles. The number of hydrogen-bond acceptors (Lipinski definition) is 3. The summed E-state index contributed by atoms with van der Waals surface area (Å²) in [7, 11) is 0. The van der Waals surface area contributed by atoms with Gasteiger partial charge in [0.1, 0.15) is 18.2 Å². The minimum absolute atomic E-state index is 0.142. The minimum Gasteiger partial charge on any atom is -0.491 e. The lowest BCUT2D eigenvalue weighted by molar-refractivity contribution is -0.127. The van der Waals surface area contributed by atoms with Crippen molar-refractivity contribution in [2.24, 2.45) is 0 Å². The van der Waals surface area contributed by atoms with E-state index in [9.17, 15) is 4.79 Å². The highest BCUT2D eigenvalue weighted by Crippen LogP contribution is 2.30. The molecule has 1 saturated heterocycles. The van der Waals surface area contributed by atoms with Crippen LogP contribution >= 0.6 is 0 Å². The number of hydrogen-bond donors (Lipinski definition) is 0. The molecule has 0 bridgehead atoms. The Morgan fingerprint density at radius 2 is 1.97 bits per heavy atom. The maximum absolute atomic E-state index is 12.5. The van der Waals surface area contributed by atoms with Gasteiger partial charge in [0.05, 0.1) is 17.6 Å². The molecule has 1 amide bonds. The molecule has 1 atom stereocenters. The van der Waals surface area contributed by atoms with Gasteiger partial charge in [0, 0.05) is 25.4 Å². The van der Waals surface area contributed by atoms with Gasteiger partial charge in [0.2, 0.25) is 5.91 Å². The molecule has 2 aromatic carbocycles. The Balaban J connectivity index is 1.54. The summed E-state index contributed by atoms with van der Waals surface area (Å²) in [5, 5.41) is 0. The van der Waals surface area contributed by atoms with E-state index in [0.29, 0.717) is 19.6 Å². The van der Waals surface area contributed by atoms with Crippen LogP contribution < -0.4 is 4.74 Å². The Kier molecular flexibility index (Phi) is 6.07. The lowest BCUT2D eigenvalue weighted by Crippen LogP contribution is -2.26. The van der Waals surface area contributed by atoms with Crippen molar-refractivity contribution in [1.82, 2.24) is 14.5 Å². The number of amides is 1. The summed E-state index contributed by atoms with van der Waals surface area (Å²) >= 11 is 0. The van der Waals surface area contributed by atoms with Gasteiger partial charge in [0.15, 0.2) is 0 Å². The molecule has 2 heterocycles. The summed E-state index contributed by atoms with van der Waals surface area (Å²) in [5.74, 6) is 2.32. The number of ether oxygens (including phenoxy) is 1. The van der Waals surface area contributed by atoms with E-state index < -0.39 is 0 Å². The molecule has 5 nitrogen and oxygen atoms in total. The van der Waals surface area contributed by atoms with Crippen molar-refractivity contribution in [3.05, 3.63) is 59.4 Å². The summed E-state index contributed by atoms with van der Waals surface area (Å²) in [5.41, 5.74) is 4.48. The number of para-hydroxylation sites is 2. The normalized spacial score (nSPS) is 16.6. The lowest BCUT2D eigenvalue weighted by atomic mass is 10.1. The van der Waals surface area contributed by atoms with Crippen molar-refractivity contribution in [3.8, 4) is 5.75 Å². The van der Waals surface area contributed by atoms with Crippen LogP contribution in [0, 0.1) is 13.8 Å². The van der Waals surface area contributed by atoms with Crippen LogP contribution in [0.5, 0.6) is 5.75 Å². The first kappa shape index (κ1) is 20.5. The average molecular weight is 406 g/mol. The van der Waals surface area contributed by atoms with Gasteiger partial charge in [-0.2, -0.15) is 0 Å². The van der Waals surface area contributed by atoms with Crippen molar-refractivity contribution in [2.75, 3.05) is 19.7 Å². The molecule has 0 spiro atoms. The van der Waals surface area contributed by atoms with Crippen molar-refractivity contribution in [1.29, 1.82) is 0 Å². The van der Waals surface area contributed by atoms with E-state index in [2.05, 4.69) is 43.5 Å². The molecular formula is C25H31N3O2. The maximum atomic E-state index is 12.5. The number of imidazole rings is 1. The van der Waals surface area contributed by atoms with Crippen LogP contribution in [0.4, 0.5) is 0 Å². The summed E-state index contributed by atoms with van der Waals surface area (Å²) in [6.45, 7) is 9.22. The number of likely N-dealkylation sites (tertiary alicyclic amines) is 1. The second-order valence-corrected chi connectivity index (χ2v) is 8.32. The molecule has 1 fully saturated rings. The Morgan fingerprint density at radius 1 is 1.13 bits per heavy atom. The second kappa shape index (κ2) is 8.90. The fraction of sp³-hybridized carbons (Fsp3) is 0.440. The highest BCUT2D eigenvalue weighted by Gasteiger charge is 2.33. The van der Waals surface area contributed by atoms with Crippen LogP contribution in [-0.4, -0.2) is 40.1 Å². The van der Waals surface area contributed by atoms with Crippen LogP contribution in [0.15, 0.2) is 42.5 Å². The van der Waals surface area contributed by atoms with E-state index >= 15 is 0 Å². The van der Waals surface area contributed by atoms with Crippen LogP contribution in [0.2, 0.25) is 0 Å². The van der Waals surface area contributed by atoms with E-state index in [1.807, 2.05) is 29.2 Å². The number of carbonyl (C=O) groups is 1. The molecule has 1 aliphatic rings. The number of benzene rings is 2. The van der Waals surface area contributed by atoms with E-state index in [0.717, 1.165) is 54.1 Å². The number of rotatable bonds is 8. The van der Waals surface area contributed by atoms with Gasteiger partial charge in [0.25, 0.3) is 0 Å². The van der Waals surface area contributed by atoms with Crippen molar-refractivity contribution in [2.45, 2.75) is 52.5 Å². The molecule has 0 N–H and O–H groups in total. The highest BCUT2D eigenvalue weighted by molar-refractivity contribution is 5.80. The van der Waals surface area contributed by atoms with Gasteiger partial charge < -0.3 is 14.2 Å². The fourth-order valence-electron chi connectivity index (χ4n) is 4.36. The first-order valence-electron chi connectivity index (χ1n) is 11.0. The number of nitrogens with zero attached hydrogens (tertiary/aromatic N) is 3. The molecule has 0 unspecified atom stereocenters. The molecule has 1 aliphatic heterocycles. The molecule has 4 rings (SSSR count).